The maximum absolute atomic E-state index is 11.9. The van der Waals surface area contributed by atoms with Crippen LogP contribution in [-0.4, -0.2) is 48.6 Å². The lowest BCUT2D eigenvalue weighted by molar-refractivity contribution is -0.166. The van der Waals surface area contributed by atoms with Crippen LogP contribution < -0.4 is 0 Å². The number of ether oxygens (including phenoxy) is 3. The molecule has 0 saturated carbocycles. The van der Waals surface area contributed by atoms with E-state index in [0.717, 1.165) is 38.5 Å². The first-order chi connectivity index (χ1) is 11.1. The lowest BCUT2D eigenvalue weighted by Crippen LogP contribution is -2.39. The van der Waals surface area contributed by atoms with Crippen LogP contribution in [0.5, 0.6) is 0 Å². The Morgan fingerprint density at radius 1 is 1.00 bits per heavy atom. The Labute approximate surface area is 138 Å². The van der Waals surface area contributed by atoms with Gasteiger partial charge >= 0.3 is 11.9 Å². The highest BCUT2D eigenvalue weighted by atomic mass is 16.6. The molecule has 1 N–H and O–H groups in total. The summed E-state index contributed by atoms with van der Waals surface area (Å²) in [7, 11) is 0. The smallest absolute Gasteiger partial charge is 0.306 e. The topological polar surface area (TPSA) is 82.1 Å². The van der Waals surface area contributed by atoms with Crippen LogP contribution in [0.3, 0.4) is 0 Å². The van der Waals surface area contributed by atoms with Gasteiger partial charge in [-0.25, -0.2) is 0 Å². The van der Waals surface area contributed by atoms with E-state index in [1.54, 1.807) is 0 Å². The average Bonchev–Trinajstić information content (AvgIpc) is 2.89. The Morgan fingerprint density at radius 2 is 1.57 bits per heavy atom. The largest absolute Gasteiger partial charge is 0.456 e. The third-order valence-corrected chi connectivity index (χ3v) is 3.91. The zero-order valence-electron chi connectivity index (χ0n) is 14.3. The first-order valence-electron chi connectivity index (χ1n) is 8.73. The lowest BCUT2D eigenvalue weighted by atomic mass is 10.1. The summed E-state index contributed by atoms with van der Waals surface area (Å²) in [5, 5.41) is 9.33. The van der Waals surface area contributed by atoms with E-state index in [2.05, 4.69) is 13.8 Å². The van der Waals surface area contributed by atoms with Crippen LogP contribution in [0.2, 0.25) is 0 Å². The van der Waals surface area contributed by atoms with Crippen molar-refractivity contribution in [1.82, 2.24) is 0 Å². The van der Waals surface area contributed by atoms with Gasteiger partial charge in [0.15, 0.2) is 12.2 Å². The standard InChI is InChI=1S/C17H30O6/c1-3-5-7-9-15(19)22-14-12-21-13(11-18)17(14)23-16(20)10-8-6-4-2/h13-14,17-18H,3-12H2,1-2H3/t13-,14-,17-/m0/s1. The quantitative estimate of drug-likeness (QED) is 0.462. The number of unbranched alkanes of at least 4 members (excludes halogenated alkanes) is 4. The number of rotatable bonds is 11. The molecular weight excluding hydrogens is 300 g/mol. The van der Waals surface area contributed by atoms with Crippen molar-refractivity contribution in [2.45, 2.75) is 83.5 Å². The van der Waals surface area contributed by atoms with Gasteiger partial charge in [0.25, 0.3) is 0 Å². The SMILES string of the molecule is CCCCCC(=O)O[C@H]1[C@H](CO)OC[C@@H]1OC(=O)CCCCC. The van der Waals surface area contributed by atoms with Crippen molar-refractivity contribution in [1.29, 1.82) is 0 Å². The van der Waals surface area contributed by atoms with Gasteiger partial charge in [-0.3, -0.25) is 9.59 Å². The lowest BCUT2D eigenvalue weighted by Gasteiger charge is -2.22. The molecule has 0 aliphatic carbocycles. The molecular formula is C17H30O6. The molecule has 1 aliphatic rings. The molecule has 1 fully saturated rings. The fraction of sp³-hybridized carbons (Fsp3) is 0.882. The number of aliphatic hydroxyl groups is 1. The van der Waals surface area contributed by atoms with Crippen molar-refractivity contribution < 1.29 is 28.9 Å². The Bertz CT molecular complexity index is 357. The van der Waals surface area contributed by atoms with Gasteiger partial charge < -0.3 is 19.3 Å². The van der Waals surface area contributed by atoms with Crippen molar-refractivity contribution in [3.63, 3.8) is 0 Å². The maximum atomic E-state index is 11.9. The van der Waals surface area contributed by atoms with Crippen LogP contribution >= 0.6 is 0 Å². The molecule has 0 radical (unpaired) electrons. The van der Waals surface area contributed by atoms with E-state index in [4.69, 9.17) is 14.2 Å². The summed E-state index contributed by atoms with van der Waals surface area (Å²) in [6.45, 7) is 4.01. The molecule has 0 bridgehead atoms. The molecule has 1 rings (SSSR count). The summed E-state index contributed by atoms with van der Waals surface area (Å²) in [6, 6.07) is 0. The summed E-state index contributed by atoms with van der Waals surface area (Å²) in [6.07, 6.45) is 4.27. The summed E-state index contributed by atoms with van der Waals surface area (Å²) >= 11 is 0. The first kappa shape index (κ1) is 19.9. The fourth-order valence-electron chi connectivity index (χ4n) is 2.53. The van der Waals surface area contributed by atoms with E-state index in [1.165, 1.54) is 0 Å². The first-order valence-corrected chi connectivity index (χ1v) is 8.73. The van der Waals surface area contributed by atoms with E-state index in [9.17, 15) is 14.7 Å². The minimum atomic E-state index is -0.718. The Kier molecular flexibility index (Phi) is 9.87. The van der Waals surface area contributed by atoms with Crippen LogP contribution in [0.1, 0.15) is 65.2 Å². The summed E-state index contributed by atoms with van der Waals surface area (Å²) < 4.78 is 16.2. The minimum absolute atomic E-state index is 0.150. The molecule has 0 aromatic carbocycles. The predicted molar refractivity (Wildman–Crippen MR) is 84.9 cm³/mol. The number of aliphatic hydroxyl groups excluding tert-OH is 1. The number of carbonyl (C=O) groups excluding carboxylic acids is 2. The molecule has 1 aliphatic heterocycles. The molecule has 0 amide bonds. The molecule has 6 heteroatoms. The number of carbonyl (C=O) groups is 2. The third-order valence-electron chi connectivity index (χ3n) is 3.91. The van der Waals surface area contributed by atoms with Gasteiger partial charge in [0.2, 0.25) is 0 Å². The van der Waals surface area contributed by atoms with Crippen molar-refractivity contribution >= 4 is 11.9 Å². The predicted octanol–water partition coefficient (Wildman–Crippen LogP) is 2.36. The highest BCUT2D eigenvalue weighted by Gasteiger charge is 2.42. The van der Waals surface area contributed by atoms with E-state index in [0.29, 0.717) is 12.8 Å². The van der Waals surface area contributed by atoms with Crippen LogP contribution in [0, 0.1) is 0 Å². The van der Waals surface area contributed by atoms with Gasteiger partial charge in [-0.05, 0) is 12.8 Å². The van der Waals surface area contributed by atoms with Gasteiger partial charge in [-0.15, -0.1) is 0 Å². The van der Waals surface area contributed by atoms with Gasteiger partial charge in [0.1, 0.15) is 6.10 Å². The fourth-order valence-corrected chi connectivity index (χ4v) is 2.53. The van der Waals surface area contributed by atoms with Crippen LogP contribution in [0.4, 0.5) is 0 Å². The molecule has 1 saturated heterocycles. The van der Waals surface area contributed by atoms with Crippen LogP contribution in [0.15, 0.2) is 0 Å². The van der Waals surface area contributed by atoms with Crippen molar-refractivity contribution in [2.24, 2.45) is 0 Å². The van der Waals surface area contributed by atoms with Gasteiger partial charge in [-0.1, -0.05) is 39.5 Å². The number of hydrogen-bond acceptors (Lipinski definition) is 6. The second kappa shape index (κ2) is 11.4. The van der Waals surface area contributed by atoms with Gasteiger partial charge in [-0.2, -0.15) is 0 Å². The van der Waals surface area contributed by atoms with Crippen molar-refractivity contribution in [3.8, 4) is 0 Å². The molecule has 0 spiro atoms. The molecule has 1 heterocycles. The Hall–Kier alpha value is -1.14. The Morgan fingerprint density at radius 3 is 2.09 bits per heavy atom. The minimum Gasteiger partial charge on any atom is -0.456 e. The summed E-state index contributed by atoms with van der Waals surface area (Å²) in [5.41, 5.74) is 0. The Balaban J connectivity index is 2.46. The van der Waals surface area contributed by atoms with Gasteiger partial charge in [0, 0.05) is 12.8 Å². The normalized spacial score (nSPS) is 23.7. The number of hydrogen-bond donors (Lipinski definition) is 1. The average molecular weight is 330 g/mol. The molecule has 3 atom stereocenters. The van der Waals surface area contributed by atoms with Crippen molar-refractivity contribution in [2.75, 3.05) is 13.2 Å². The third kappa shape index (κ3) is 7.31. The van der Waals surface area contributed by atoms with Crippen molar-refractivity contribution in [3.05, 3.63) is 0 Å². The molecule has 0 aromatic rings. The molecule has 0 aromatic heterocycles. The molecule has 0 unspecified atom stereocenters. The monoisotopic (exact) mass is 330 g/mol. The molecule has 134 valence electrons. The van der Waals surface area contributed by atoms with E-state index in [1.807, 2.05) is 0 Å². The maximum Gasteiger partial charge on any atom is 0.306 e. The highest BCUT2D eigenvalue weighted by Crippen LogP contribution is 2.22. The second-order valence-electron chi connectivity index (χ2n) is 5.95. The summed E-state index contributed by atoms with van der Waals surface area (Å²) in [4.78, 5) is 23.7. The number of esters is 2. The second-order valence-corrected chi connectivity index (χ2v) is 5.95. The zero-order chi connectivity index (χ0) is 17.1. The molecule has 6 nitrogen and oxygen atoms in total. The van der Waals surface area contributed by atoms with E-state index < -0.39 is 18.3 Å². The van der Waals surface area contributed by atoms with Gasteiger partial charge in [0.05, 0.1) is 13.2 Å². The summed E-state index contributed by atoms with van der Waals surface area (Å²) in [5.74, 6) is -0.642. The molecule has 23 heavy (non-hydrogen) atoms. The highest BCUT2D eigenvalue weighted by molar-refractivity contribution is 5.70. The van der Waals surface area contributed by atoms with Crippen LogP contribution in [0.25, 0.3) is 0 Å². The zero-order valence-corrected chi connectivity index (χ0v) is 14.3. The van der Waals surface area contributed by atoms with E-state index >= 15 is 0 Å². The van der Waals surface area contributed by atoms with Crippen LogP contribution in [-0.2, 0) is 23.8 Å². The van der Waals surface area contributed by atoms with E-state index in [-0.39, 0.29) is 25.2 Å².